The minimum Gasteiger partial charge on any atom is -0.483 e. The molecular weight excluding hydrogens is 411 g/mol. The van der Waals surface area contributed by atoms with Gasteiger partial charge in [-0.25, -0.2) is 0 Å². The van der Waals surface area contributed by atoms with Gasteiger partial charge >= 0.3 is 5.97 Å². The number of para-hydroxylation sites is 1. The quantitative estimate of drug-likeness (QED) is 0.460. The van der Waals surface area contributed by atoms with Gasteiger partial charge in [0.2, 0.25) is 5.91 Å². The van der Waals surface area contributed by atoms with E-state index in [1.807, 2.05) is 42.5 Å². The molecule has 2 rings (SSSR count). The summed E-state index contributed by atoms with van der Waals surface area (Å²) in [4.78, 5) is 47.4. The van der Waals surface area contributed by atoms with Gasteiger partial charge in [-0.3, -0.25) is 14.4 Å². The molecule has 2 radical (unpaired) electrons. The van der Waals surface area contributed by atoms with Crippen LogP contribution in [0.15, 0.2) is 54.6 Å². The molecule has 0 heterocycles. The molecule has 9 heteroatoms. The summed E-state index contributed by atoms with van der Waals surface area (Å²) in [6, 6.07) is 14.4. The van der Waals surface area contributed by atoms with E-state index in [1.54, 1.807) is 26.0 Å². The molecule has 32 heavy (non-hydrogen) atoms. The SMILES string of the molecule is [B]C(=O)[C@H](CC(=O)O)NC(=O)[C@@H](NC(=O)COc1ccccc1-c1ccccc1)C(C)C. The van der Waals surface area contributed by atoms with Crippen molar-refractivity contribution in [3.05, 3.63) is 54.6 Å². The molecule has 0 spiro atoms. The number of hydrogen-bond acceptors (Lipinski definition) is 5. The lowest BCUT2D eigenvalue weighted by Crippen LogP contribution is -2.54. The summed E-state index contributed by atoms with van der Waals surface area (Å²) in [5, 5.41) is 13.7. The number of benzene rings is 2. The van der Waals surface area contributed by atoms with E-state index in [9.17, 15) is 19.2 Å². The zero-order valence-corrected chi connectivity index (χ0v) is 17.9. The van der Waals surface area contributed by atoms with Gasteiger partial charge in [0.05, 0.1) is 18.1 Å². The molecule has 2 aromatic carbocycles. The Kier molecular flexibility index (Phi) is 9.01. The molecule has 0 aromatic heterocycles. The maximum absolute atomic E-state index is 12.6. The Morgan fingerprint density at radius 1 is 0.969 bits per heavy atom. The maximum Gasteiger partial charge on any atom is 0.305 e. The summed E-state index contributed by atoms with van der Waals surface area (Å²) in [6.07, 6.45) is -0.654. The standard InChI is InChI=1S/C23H25BN2O6/c1-14(2)21(23(31)25-17(22(24)30)12-20(28)29)26-19(27)13-32-18-11-7-6-10-16(18)15-8-4-3-5-9-15/h3-11,14,17,21H,12-13H2,1-2H3,(H,25,31)(H,26,27)(H,28,29)/t17-,21-/m0/s1. The molecule has 2 atom stereocenters. The van der Waals surface area contributed by atoms with Crippen molar-refractivity contribution in [1.82, 2.24) is 10.6 Å². The summed E-state index contributed by atoms with van der Waals surface area (Å²) < 4.78 is 5.69. The van der Waals surface area contributed by atoms with E-state index in [0.29, 0.717) is 5.75 Å². The molecule has 8 nitrogen and oxygen atoms in total. The van der Waals surface area contributed by atoms with Crippen molar-refractivity contribution < 1.29 is 29.0 Å². The zero-order chi connectivity index (χ0) is 23.7. The Hall–Kier alpha value is -3.62. The first-order valence-corrected chi connectivity index (χ1v) is 10.1. The number of hydrogen-bond donors (Lipinski definition) is 3. The molecule has 0 aliphatic carbocycles. The Balaban J connectivity index is 2.03. The monoisotopic (exact) mass is 436 g/mol. The van der Waals surface area contributed by atoms with Crippen molar-refractivity contribution in [2.75, 3.05) is 6.61 Å². The number of carboxylic acid groups (broad SMARTS) is 1. The van der Waals surface area contributed by atoms with Crippen LogP contribution in [0.5, 0.6) is 5.75 Å². The molecule has 0 unspecified atom stereocenters. The number of carboxylic acids is 1. The Morgan fingerprint density at radius 3 is 2.19 bits per heavy atom. The van der Waals surface area contributed by atoms with Gasteiger partial charge in [0, 0.05) is 5.56 Å². The van der Waals surface area contributed by atoms with Crippen LogP contribution in [0, 0.1) is 5.92 Å². The minimum atomic E-state index is -1.38. The fourth-order valence-corrected chi connectivity index (χ4v) is 3.00. The second-order valence-corrected chi connectivity index (χ2v) is 7.50. The first-order chi connectivity index (χ1) is 15.2. The normalized spacial score (nSPS) is 12.5. The molecule has 3 N–H and O–H groups in total. The predicted octanol–water partition coefficient (Wildman–Crippen LogP) is 1.53. The number of carbonyl (C=O) groups is 4. The van der Waals surface area contributed by atoms with E-state index in [4.69, 9.17) is 17.7 Å². The van der Waals surface area contributed by atoms with E-state index in [-0.39, 0.29) is 12.5 Å². The summed E-state index contributed by atoms with van der Waals surface area (Å²) in [7, 11) is 5.16. The van der Waals surface area contributed by atoms with Gasteiger partial charge in [0.25, 0.3) is 5.91 Å². The molecule has 0 bridgehead atoms. The van der Waals surface area contributed by atoms with E-state index in [2.05, 4.69) is 10.6 Å². The third kappa shape index (κ3) is 7.26. The Morgan fingerprint density at radius 2 is 1.59 bits per heavy atom. The number of nitrogens with one attached hydrogen (secondary N) is 2. The molecule has 0 aliphatic rings. The van der Waals surface area contributed by atoms with Gasteiger partial charge in [-0.2, -0.15) is 0 Å². The second-order valence-electron chi connectivity index (χ2n) is 7.50. The van der Waals surface area contributed by atoms with Crippen LogP contribution >= 0.6 is 0 Å². The predicted molar refractivity (Wildman–Crippen MR) is 119 cm³/mol. The van der Waals surface area contributed by atoms with Crippen LogP contribution in [0.4, 0.5) is 0 Å². The fraction of sp³-hybridized carbons (Fsp3) is 0.304. The molecule has 0 aliphatic heterocycles. The van der Waals surface area contributed by atoms with Gasteiger partial charge in [-0.15, -0.1) is 0 Å². The van der Waals surface area contributed by atoms with Crippen LogP contribution in [0.3, 0.4) is 0 Å². The van der Waals surface area contributed by atoms with E-state index in [1.165, 1.54) is 0 Å². The van der Waals surface area contributed by atoms with Crippen molar-refractivity contribution in [2.24, 2.45) is 5.92 Å². The number of aliphatic carboxylic acids is 1. The molecule has 0 saturated heterocycles. The van der Waals surface area contributed by atoms with E-state index < -0.39 is 42.0 Å². The number of ether oxygens (including phenoxy) is 1. The van der Waals surface area contributed by atoms with Gasteiger partial charge in [-0.1, -0.05) is 62.4 Å². The highest BCUT2D eigenvalue weighted by Crippen LogP contribution is 2.29. The van der Waals surface area contributed by atoms with Crippen LogP contribution in [-0.2, 0) is 19.2 Å². The van der Waals surface area contributed by atoms with Crippen molar-refractivity contribution in [1.29, 1.82) is 0 Å². The number of carbonyl (C=O) groups excluding carboxylic acids is 3. The van der Waals surface area contributed by atoms with E-state index in [0.717, 1.165) is 11.1 Å². The van der Waals surface area contributed by atoms with Crippen LogP contribution in [-0.4, -0.2) is 55.1 Å². The van der Waals surface area contributed by atoms with E-state index >= 15 is 0 Å². The summed E-state index contributed by atoms with van der Waals surface area (Å²) in [5.74, 6) is -2.37. The zero-order valence-electron chi connectivity index (χ0n) is 17.9. The lowest BCUT2D eigenvalue weighted by Gasteiger charge is -2.24. The molecular formula is C23H25BN2O6. The Bertz CT molecular complexity index is 964. The van der Waals surface area contributed by atoms with Gasteiger partial charge in [0.1, 0.15) is 11.8 Å². The maximum atomic E-state index is 12.6. The summed E-state index contributed by atoms with van der Waals surface area (Å²) in [5.41, 5.74) is 0.770. The van der Waals surface area contributed by atoms with Crippen molar-refractivity contribution in [2.45, 2.75) is 32.4 Å². The van der Waals surface area contributed by atoms with Gasteiger partial charge < -0.3 is 25.3 Å². The van der Waals surface area contributed by atoms with Gasteiger partial charge in [-0.05, 0) is 17.5 Å². The fourth-order valence-electron chi connectivity index (χ4n) is 3.00. The lowest BCUT2D eigenvalue weighted by atomic mass is 9.92. The van der Waals surface area contributed by atoms with Crippen molar-refractivity contribution in [3.63, 3.8) is 0 Å². The summed E-state index contributed by atoms with van der Waals surface area (Å²) in [6.45, 7) is 3.06. The first kappa shape index (κ1) is 24.7. The third-order valence-electron chi connectivity index (χ3n) is 4.63. The second kappa shape index (κ2) is 11.7. The van der Waals surface area contributed by atoms with Crippen LogP contribution in [0.1, 0.15) is 20.3 Å². The highest BCUT2D eigenvalue weighted by atomic mass is 16.5. The average Bonchev–Trinajstić information content (AvgIpc) is 2.75. The highest BCUT2D eigenvalue weighted by molar-refractivity contribution is 6.59. The lowest BCUT2D eigenvalue weighted by molar-refractivity contribution is -0.139. The van der Waals surface area contributed by atoms with Crippen LogP contribution < -0.4 is 15.4 Å². The third-order valence-corrected chi connectivity index (χ3v) is 4.63. The van der Waals surface area contributed by atoms with Crippen LogP contribution in [0.25, 0.3) is 11.1 Å². The largest absolute Gasteiger partial charge is 0.483 e. The molecule has 0 fully saturated rings. The molecule has 2 amide bonds. The average molecular weight is 436 g/mol. The number of rotatable bonds is 11. The minimum absolute atomic E-state index is 0.339. The Labute approximate surface area is 187 Å². The van der Waals surface area contributed by atoms with Crippen molar-refractivity contribution in [3.8, 4) is 16.9 Å². The summed E-state index contributed by atoms with van der Waals surface area (Å²) >= 11 is 0. The van der Waals surface area contributed by atoms with Crippen LogP contribution in [0.2, 0.25) is 0 Å². The number of amides is 2. The van der Waals surface area contributed by atoms with Gasteiger partial charge in [0.15, 0.2) is 14.5 Å². The topological polar surface area (TPSA) is 122 Å². The smallest absolute Gasteiger partial charge is 0.305 e. The highest BCUT2D eigenvalue weighted by Gasteiger charge is 2.28. The molecule has 2 aromatic rings. The molecule has 166 valence electrons. The first-order valence-electron chi connectivity index (χ1n) is 10.1. The van der Waals surface area contributed by atoms with Crippen molar-refractivity contribution >= 4 is 31.3 Å². The molecule has 0 saturated carbocycles.